The number of hydrogen-bond donors (Lipinski definition) is 0. The van der Waals surface area contributed by atoms with Crippen molar-refractivity contribution in [2.75, 3.05) is 29.5 Å². The number of nitro groups is 1. The minimum atomic E-state index is -4.01. The van der Waals surface area contributed by atoms with Crippen LogP contribution in [0.1, 0.15) is 5.56 Å². The van der Waals surface area contributed by atoms with E-state index in [2.05, 4.69) is 20.9 Å². The Morgan fingerprint density at radius 1 is 1.16 bits per heavy atom. The Morgan fingerprint density at radius 2 is 1.92 bits per heavy atom. The van der Waals surface area contributed by atoms with Gasteiger partial charge in [0.1, 0.15) is 18.1 Å². The highest BCUT2D eigenvalue weighted by molar-refractivity contribution is 9.10. The lowest BCUT2D eigenvalue weighted by Crippen LogP contribution is -2.31. The van der Waals surface area contributed by atoms with Crippen molar-refractivity contribution in [1.82, 2.24) is 4.98 Å². The average Bonchev–Trinajstić information content (AvgIpc) is 3.46. The summed E-state index contributed by atoms with van der Waals surface area (Å²) < 4.78 is 40.6. The topological polar surface area (TPSA) is 115 Å². The summed E-state index contributed by atoms with van der Waals surface area (Å²) in [6.45, 7) is 0.875. The number of sulfonamides is 1. The van der Waals surface area contributed by atoms with Gasteiger partial charge in [0.05, 0.1) is 41.4 Å². The van der Waals surface area contributed by atoms with Gasteiger partial charge in [0.2, 0.25) is 0 Å². The van der Waals surface area contributed by atoms with Gasteiger partial charge < -0.3 is 14.4 Å². The van der Waals surface area contributed by atoms with Crippen molar-refractivity contribution in [2.45, 2.75) is 11.4 Å². The highest BCUT2D eigenvalue weighted by Gasteiger charge is 2.30. The summed E-state index contributed by atoms with van der Waals surface area (Å²) in [6.07, 6.45) is 1.56. The number of aromatic nitrogens is 1. The Labute approximate surface area is 231 Å². The molecule has 0 N–H and O–H groups in total. The molecule has 1 aromatic heterocycles. The normalized spacial score (nSPS) is 12.9. The summed E-state index contributed by atoms with van der Waals surface area (Å²) in [5, 5.41) is 13.2. The summed E-state index contributed by atoms with van der Waals surface area (Å²) in [5.41, 5.74) is 2.10. The zero-order valence-electron chi connectivity index (χ0n) is 20.0. The number of fused-ring (bicyclic) bond motifs is 1. The van der Waals surface area contributed by atoms with Crippen LogP contribution in [0.2, 0.25) is 0 Å². The molecular formula is C25H21BrN4O6S2. The molecule has 0 amide bonds. The molecule has 0 fully saturated rings. The number of thiazole rings is 1. The van der Waals surface area contributed by atoms with Gasteiger partial charge in [-0.2, -0.15) is 0 Å². The van der Waals surface area contributed by atoms with E-state index < -0.39 is 14.9 Å². The maximum absolute atomic E-state index is 13.9. The summed E-state index contributed by atoms with van der Waals surface area (Å²) in [5.74, 6) is 1.07. The quantitative estimate of drug-likeness (QED) is 0.181. The first-order valence-electron chi connectivity index (χ1n) is 11.3. The van der Waals surface area contributed by atoms with Gasteiger partial charge in [-0.15, -0.1) is 11.3 Å². The van der Waals surface area contributed by atoms with Gasteiger partial charge >= 0.3 is 0 Å². The van der Waals surface area contributed by atoms with E-state index in [9.17, 15) is 18.5 Å². The van der Waals surface area contributed by atoms with Crippen molar-refractivity contribution in [1.29, 1.82) is 0 Å². The van der Waals surface area contributed by atoms with Gasteiger partial charge in [0.15, 0.2) is 5.13 Å². The van der Waals surface area contributed by atoms with Gasteiger partial charge in [0, 0.05) is 34.2 Å². The lowest BCUT2D eigenvalue weighted by molar-refractivity contribution is -0.384. The van der Waals surface area contributed by atoms with Gasteiger partial charge in [0.25, 0.3) is 15.7 Å². The lowest BCUT2D eigenvalue weighted by Gasteiger charge is -2.32. The van der Waals surface area contributed by atoms with Crippen LogP contribution in [0.5, 0.6) is 11.5 Å². The van der Waals surface area contributed by atoms with E-state index in [1.54, 1.807) is 43.0 Å². The number of halogens is 1. The molecule has 10 nitrogen and oxygen atoms in total. The highest BCUT2D eigenvalue weighted by atomic mass is 79.9. The number of ether oxygens (including phenoxy) is 2. The molecule has 0 radical (unpaired) electrons. The summed E-state index contributed by atoms with van der Waals surface area (Å²) >= 11 is 4.66. The third-order valence-electron chi connectivity index (χ3n) is 5.93. The van der Waals surface area contributed by atoms with Crippen LogP contribution < -0.4 is 18.7 Å². The lowest BCUT2D eigenvalue weighted by atomic mass is 10.2. The molecule has 0 aliphatic carbocycles. The van der Waals surface area contributed by atoms with E-state index in [-0.39, 0.29) is 17.1 Å². The molecule has 3 aromatic carbocycles. The maximum atomic E-state index is 13.9. The van der Waals surface area contributed by atoms with Gasteiger partial charge in [-0.05, 0) is 51.8 Å². The SMILES string of the molecule is COc1ccc(CN(c2nccs2)S(=O)(=O)c2ccc3c(c2)OCCN3c2ccc([N+](=O)[O-])cc2Br)cc1. The molecule has 0 unspecified atom stereocenters. The van der Waals surface area contributed by atoms with Crippen LogP contribution in [0.15, 0.2) is 81.6 Å². The van der Waals surface area contributed by atoms with Gasteiger partial charge in [-0.1, -0.05) is 12.1 Å². The van der Waals surface area contributed by atoms with Crippen LogP contribution >= 0.6 is 27.3 Å². The third-order valence-corrected chi connectivity index (χ3v) is 9.21. The molecule has 0 spiro atoms. The van der Waals surface area contributed by atoms with Crippen molar-refractivity contribution < 1.29 is 22.8 Å². The molecule has 0 bridgehead atoms. The number of methoxy groups -OCH3 is 1. The predicted octanol–water partition coefficient (Wildman–Crippen LogP) is 5.75. The average molecular weight is 618 g/mol. The van der Waals surface area contributed by atoms with Gasteiger partial charge in [-0.25, -0.2) is 17.7 Å². The van der Waals surface area contributed by atoms with Crippen molar-refractivity contribution in [3.63, 3.8) is 0 Å². The summed E-state index contributed by atoms with van der Waals surface area (Å²) in [4.78, 5) is 16.9. The molecule has 0 saturated carbocycles. The van der Waals surface area contributed by atoms with E-state index in [4.69, 9.17) is 9.47 Å². The molecule has 1 aliphatic heterocycles. The van der Waals surface area contributed by atoms with Gasteiger partial charge in [-0.3, -0.25) is 10.1 Å². The van der Waals surface area contributed by atoms with E-state index in [1.807, 2.05) is 17.0 Å². The maximum Gasteiger partial charge on any atom is 0.270 e. The number of nitrogens with zero attached hydrogens (tertiary/aromatic N) is 4. The van der Waals surface area contributed by atoms with Crippen molar-refractivity contribution in [3.8, 4) is 11.5 Å². The Bertz CT molecular complexity index is 1580. The second kappa shape index (κ2) is 10.6. The second-order valence-electron chi connectivity index (χ2n) is 8.20. The first kappa shape index (κ1) is 25.9. The fourth-order valence-corrected chi connectivity index (χ4v) is 6.93. The molecule has 38 heavy (non-hydrogen) atoms. The van der Waals surface area contributed by atoms with E-state index in [0.29, 0.717) is 45.6 Å². The number of hydrogen-bond acceptors (Lipinski definition) is 9. The molecule has 1 aliphatic rings. The minimum Gasteiger partial charge on any atom is -0.497 e. The van der Waals surface area contributed by atoms with Crippen LogP contribution in [0.3, 0.4) is 0 Å². The zero-order valence-corrected chi connectivity index (χ0v) is 23.2. The Morgan fingerprint density at radius 3 is 2.58 bits per heavy atom. The van der Waals surface area contributed by atoms with E-state index >= 15 is 0 Å². The molecule has 0 atom stereocenters. The molecule has 5 rings (SSSR count). The fourth-order valence-electron chi connectivity index (χ4n) is 4.06. The fraction of sp³-hybridized carbons (Fsp3) is 0.160. The number of nitro benzene ring substituents is 1. The smallest absolute Gasteiger partial charge is 0.270 e. The van der Waals surface area contributed by atoms with E-state index in [0.717, 1.165) is 5.56 Å². The number of benzene rings is 3. The summed E-state index contributed by atoms with van der Waals surface area (Å²) in [6, 6.07) is 16.4. The monoisotopic (exact) mass is 616 g/mol. The van der Waals surface area contributed by atoms with Crippen molar-refractivity contribution in [2.24, 2.45) is 0 Å². The molecule has 2 heterocycles. The predicted molar refractivity (Wildman–Crippen MR) is 148 cm³/mol. The highest BCUT2D eigenvalue weighted by Crippen LogP contribution is 2.42. The van der Waals surface area contributed by atoms with Crippen molar-refractivity contribution in [3.05, 3.63) is 92.4 Å². The Kier molecular flexibility index (Phi) is 7.23. The number of anilines is 3. The molecule has 196 valence electrons. The van der Waals surface area contributed by atoms with E-state index in [1.165, 1.54) is 39.9 Å². The Balaban J connectivity index is 1.50. The van der Waals surface area contributed by atoms with Crippen LogP contribution in [0.25, 0.3) is 0 Å². The molecule has 13 heteroatoms. The molecular weight excluding hydrogens is 596 g/mol. The molecule has 4 aromatic rings. The third kappa shape index (κ3) is 5.04. The van der Waals surface area contributed by atoms with Crippen LogP contribution in [-0.4, -0.2) is 38.6 Å². The largest absolute Gasteiger partial charge is 0.497 e. The second-order valence-corrected chi connectivity index (χ2v) is 11.8. The minimum absolute atomic E-state index is 0.0327. The van der Waals surface area contributed by atoms with Crippen LogP contribution in [0, 0.1) is 10.1 Å². The first-order valence-corrected chi connectivity index (χ1v) is 14.4. The number of non-ortho nitro benzene ring substituents is 1. The van der Waals surface area contributed by atoms with Crippen molar-refractivity contribution >= 4 is 59.5 Å². The Hall–Kier alpha value is -3.68. The first-order chi connectivity index (χ1) is 18.3. The van der Waals surface area contributed by atoms with Crippen LogP contribution in [0.4, 0.5) is 22.2 Å². The molecule has 0 saturated heterocycles. The number of rotatable bonds is 8. The van der Waals surface area contributed by atoms with Crippen LogP contribution in [-0.2, 0) is 16.6 Å². The standard InChI is InChI=1S/C25H21BrN4O6S2/c1-35-19-5-2-17(3-6-19)16-29(25-27-10-13-37-25)38(33,34)20-7-9-23-24(15-20)36-12-11-28(23)22-8-4-18(30(31)32)14-21(22)26/h2-10,13-15H,11-12,16H2,1H3. The summed E-state index contributed by atoms with van der Waals surface area (Å²) in [7, 11) is -2.44. The zero-order chi connectivity index (χ0) is 26.9.